The number of carboxylic acid groups (broad SMARTS) is 1. The van der Waals surface area contributed by atoms with Crippen LogP contribution < -0.4 is 9.64 Å². The molecule has 1 amide bonds. The molecule has 8 nitrogen and oxygen atoms in total. The first kappa shape index (κ1) is 27.6. The summed E-state index contributed by atoms with van der Waals surface area (Å²) in [5.41, 5.74) is 2.67. The van der Waals surface area contributed by atoms with Gasteiger partial charge in [-0.15, -0.1) is 0 Å². The molecule has 40 heavy (non-hydrogen) atoms. The smallest absolute Gasteiger partial charge is 0.339 e. The molecule has 2 saturated heterocycles. The molecular formula is C31H35FN4O4. The van der Waals surface area contributed by atoms with Gasteiger partial charge in [0.25, 0.3) is 0 Å². The normalized spacial score (nSPS) is 20.5. The van der Waals surface area contributed by atoms with Crippen molar-refractivity contribution >= 4 is 17.8 Å². The summed E-state index contributed by atoms with van der Waals surface area (Å²) >= 11 is 0. The number of nitrogens with zero attached hydrogens (tertiary/aromatic N) is 4. The van der Waals surface area contributed by atoms with Crippen LogP contribution in [0.1, 0.15) is 53.4 Å². The predicted octanol–water partition coefficient (Wildman–Crippen LogP) is 4.58. The van der Waals surface area contributed by atoms with Crippen LogP contribution in [0.4, 0.5) is 10.3 Å². The molecule has 0 saturated carbocycles. The summed E-state index contributed by atoms with van der Waals surface area (Å²) in [5.74, 6) is 0.137. The van der Waals surface area contributed by atoms with E-state index in [0.717, 1.165) is 23.3 Å². The fourth-order valence-corrected chi connectivity index (χ4v) is 6.05. The maximum Gasteiger partial charge on any atom is 0.339 e. The van der Waals surface area contributed by atoms with Crippen molar-refractivity contribution in [3.8, 4) is 5.75 Å². The van der Waals surface area contributed by atoms with E-state index in [9.17, 15) is 19.1 Å². The van der Waals surface area contributed by atoms with Gasteiger partial charge in [-0.25, -0.2) is 19.2 Å². The van der Waals surface area contributed by atoms with Gasteiger partial charge in [0.05, 0.1) is 18.4 Å². The van der Waals surface area contributed by atoms with Crippen LogP contribution in [0.3, 0.4) is 0 Å². The first-order chi connectivity index (χ1) is 19.2. The van der Waals surface area contributed by atoms with Crippen LogP contribution in [0.25, 0.3) is 0 Å². The van der Waals surface area contributed by atoms with E-state index in [0.29, 0.717) is 44.1 Å². The van der Waals surface area contributed by atoms with Crippen molar-refractivity contribution in [3.63, 3.8) is 0 Å². The number of ether oxygens (including phenoxy) is 1. The molecule has 210 valence electrons. The lowest BCUT2D eigenvalue weighted by atomic mass is 9.82. The molecule has 3 atom stereocenters. The first-order valence-corrected chi connectivity index (χ1v) is 13.8. The fourth-order valence-electron chi connectivity index (χ4n) is 6.05. The number of aromatic carboxylic acids is 1. The highest BCUT2D eigenvalue weighted by molar-refractivity contribution is 5.88. The Labute approximate surface area is 233 Å². The highest BCUT2D eigenvalue weighted by Gasteiger charge is 2.47. The van der Waals surface area contributed by atoms with E-state index in [-0.39, 0.29) is 41.1 Å². The van der Waals surface area contributed by atoms with E-state index in [4.69, 9.17) is 9.72 Å². The molecule has 3 aromatic rings. The van der Waals surface area contributed by atoms with Crippen LogP contribution in [0.15, 0.2) is 54.7 Å². The van der Waals surface area contributed by atoms with Gasteiger partial charge in [-0.05, 0) is 54.7 Å². The van der Waals surface area contributed by atoms with Crippen molar-refractivity contribution in [2.45, 2.75) is 45.1 Å². The number of carboxylic acids is 1. The van der Waals surface area contributed by atoms with Crippen molar-refractivity contribution in [3.05, 3.63) is 82.9 Å². The fraction of sp³-hybridized carbons (Fsp3) is 0.419. The summed E-state index contributed by atoms with van der Waals surface area (Å²) in [7, 11) is 1.62. The van der Waals surface area contributed by atoms with Crippen LogP contribution >= 0.6 is 0 Å². The number of amides is 1. The van der Waals surface area contributed by atoms with Gasteiger partial charge >= 0.3 is 5.97 Å². The Balaban J connectivity index is 1.39. The van der Waals surface area contributed by atoms with Crippen molar-refractivity contribution in [1.82, 2.24) is 14.9 Å². The van der Waals surface area contributed by atoms with Crippen LogP contribution in [-0.4, -0.2) is 64.6 Å². The maximum absolute atomic E-state index is 13.7. The number of hydrogen-bond donors (Lipinski definition) is 1. The van der Waals surface area contributed by atoms with Gasteiger partial charge in [0.15, 0.2) is 0 Å². The molecule has 0 bridgehead atoms. The zero-order valence-corrected chi connectivity index (χ0v) is 23.1. The second-order valence-corrected chi connectivity index (χ2v) is 11.0. The molecule has 0 radical (unpaired) electrons. The summed E-state index contributed by atoms with van der Waals surface area (Å²) in [5, 5.41) is 9.79. The Kier molecular flexibility index (Phi) is 8.00. The zero-order valence-electron chi connectivity index (χ0n) is 23.1. The van der Waals surface area contributed by atoms with E-state index in [2.05, 4.69) is 9.88 Å². The lowest BCUT2D eigenvalue weighted by Crippen LogP contribution is -2.49. The van der Waals surface area contributed by atoms with Gasteiger partial charge < -0.3 is 19.6 Å². The van der Waals surface area contributed by atoms with Gasteiger partial charge in [-0.1, -0.05) is 38.1 Å². The minimum Gasteiger partial charge on any atom is -0.497 e. The van der Waals surface area contributed by atoms with Gasteiger partial charge in [-0.2, -0.15) is 0 Å². The number of carbonyl (C=O) groups excluding carboxylic acids is 1. The molecule has 2 fully saturated rings. The minimum absolute atomic E-state index is 0.0592. The third kappa shape index (κ3) is 5.64. The number of anilines is 1. The number of halogens is 1. The van der Waals surface area contributed by atoms with E-state index >= 15 is 0 Å². The van der Waals surface area contributed by atoms with Crippen LogP contribution in [0.5, 0.6) is 5.75 Å². The second kappa shape index (κ2) is 11.6. The van der Waals surface area contributed by atoms with Gasteiger partial charge in [0.1, 0.15) is 11.6 Å². The average molecular weight is 547 g/mol. The first-order valence-electron chi connectivity index (χ1n) is 13.8. The third-order valence-electron chi connectivity index (χ3n) is 8.18. The van der Waals surface area contributed by atoms with Crippen molar-refractivity contribution in [2.75, 3.05) is 31.6 Å². The summed E-state index contributed by atoms with van der Waals surface area (Å²) in [6.07, 6.45) is 3.25. The quantitative estimate of drug-likeness (QED) is 0.442. The number of aryl methyl sites for hydroxylation is 2. The molecule has 2 aromatic carbocycles. The molecule has 9 heteroatoms. The Hall–Kier alpha value is -4.01. The van der Waals surface area contributed by atoms with Crippen molar-refractivity contribution in [1.29, 1.82) is 0 Å². The summed E-state index contributed by atoms with van der Waals surface area (Å²) in [6.45, 7) is 5.71. The lowest BCUT2D eigenvalue weighted by molar-refractivity contribution is -0.135. The molecule has 0 unspecified atom stereocenters. The number of methoxy groups -OCH3 is 1. The molecule has 2 aliphatic rings. The molecule has 3 heterocycles. The number of hydrogen-bond acceptors (Lipinski definition) is 6. The van der Waals surface area contributed by atoms with Gasteiger partial charge in [0.2, 0.25) is 11.9 Å². The molecule has 0 aliphatic carbocycles. The maximum atomic E-state index is 13.7. The number of aromatic nitrogens is 2. The molecule has 1 N–H and O–H groups in total. The van der Waals surface area contributed by atoms with Crippen LogP contribution in [-0.2, 0) is 17.6 Å². The van der Waals surface area contributed by atoms with Crippen LogP contribution in [0, 0.1) is 17.7 Å². The minimum atomic E-state index is -1.05. The SMILES string of the molecule is COc1ccc(CCc2nc(N3CC[C@@H]4[C@H](C3)[C@H](c3ccc(F)cc3)CN4C(=O)C(C)C)ncc2C(=O)O)cc1. The molecular weight excluding hydrogens is 511 g/mol. The number of rotatable bonds is 8. The molecule has 0 spiro atoms. The van der Waals surface area contributed by atoms with E-state index < -0.39 is 5.97 Å². The Bertz CT molecular complexity index is 1360. The van der Waals surface area contributed by atoms with Crippen LogP contribution in [0.2, 0.25) is 0 Å². The summed E-state index contributed by atoms with van der Waals surface area (Å²) in [6, 6.07) is 14.3. The standard InChI is InChI=1S/C31H35FN4O4/c1-19(2)29(37)36-18-25(21-7-9-22(32)10-8-21)26-17-35(15-14-28(26)36)31-33-16-24(30(38)39)27(34-31)13-6-20-4-11-23(40-3)12-5-20/h4-5,7-12,16,19,25-26,28H,6,13-15,17-18H2,1-3H3,(H,38,39)/t25-,26+,28+/m0/s1. The molecule has 1 aromatic heterocycles. The monoisotopic (exact) mass is 546 g/mol. The van der Waals surface area contributed by atoms with Gasteiger partial charge in [0, 0.05) is 49.6 Å². The summed E-state index contributed by atoms with van der Waals surface area (Å²) in [4.78, 5) is 38.4. The zero-order chi connectivity index (χ0) is 28.4. The number of likely N-dealkylation sites (tertiary alicyclic amines) is 1. The third-order valence-corrected chi connectivity index (χ3v) is 8.18. The van der Waals surface area contributed by atoms with Gasteiger partial charge in [-0.3, -0.25) is 4.79 Å². The highest BCUT2D eigenvalue weighted by atomic mass is 19.1. The van der Waals surface area contributed by atoms with E-state index in [1.807, 2.05) is 55.1 Å². The number of benzene rings is 2. The number of fused-ring (bicyclic) bond motifs is 1. The van der Waals surface area contributed by atoms with Crippen molar-refractivity contribution in [2.24, 2.45) is 11.8 Å². The van der Waals surface area contributed by atoms with E-state index in [1.165, 1.54) is 18.3 Å². The summed E-state index contributed by atoms with van der Waals surface area (Å²) < 4.78 is 18.9. The Morgan fingerprint density at radius 1 is 1.07 bits per heavy atom. The number of carbonyl (C=O) groups is 2. The lowest BCUT2D eigenvalue weighted by Gasteiger charge is -2.39. The Morgan fingerprint density at radius 3 is 2.45 bits per heavy atom. The second-order valence-electron chi connectivity index (χ2n) is 11.0. The average Bonchev–Trinajstić information content (AvgIpc) is 3.34. The number of piperidine rings is 1. The topological polar surface area (TPSA) is 95.9 Å². The largest absolute Gasteiger partial charge is 0.497 e. The molecule has 5 rings (SSSR count). The Morgan fingerprint density at radius 2 is 1.80 bits per heavy atom. The molecule has 2 aliphatic heterocycles. The predicted molar refractivity (Wildman–Crippen MR) is 149 cm³/mol. The van der Waals surface area contributed by atoms with E-state index in [1.54, 1.807) is 7.11 Å². The van der Waals surface area contributed by atoms with Crippen molar-refractivity contribution < 1.29 is 23.8 Å². The highest BCUT2D eigenvalue weighted by Crippen LogP contribution is 2.42.